The molecule has 0 radical (unpaired) electrons. The standard InChI is InChI=1S/C22H37N5O2S.HI/c1-16-14-25-19(30-16)8-11-24-20(23-5)26-12-9-18(10-13-26)27(15-17-6-7-17)21(28)29-22(2,3)4;/h14,17-18H,6-13,15H2,1-5H3,(H,23,24);1H. The lowest BCUT2D eigenvalue weighted by Gasteiger charge is -2.40. The van der Waals surface area contributed by atoms with Crippen LogP contribution in [0, 0.1) is 12.8 Å². The van der Waals surface area contributed by atoms with Crippen molar-refractivity contribution in [1.29, 1.82) is 0 Å². The van der Waals surface area contributed by atoms with Gasteiger partial charge in [0.2, 0.25) is 0 Å². The number of nitrogens with zero attached hydrogens (tertiary/aromatic N) is 4. The van der Waals surface area contributed by atoms with Crippen molar-refractivity contribution in [2.45, 2.75) is 71.4 Å². The molecule has 2 fully saturated rings. The van der Waals surface area contributed by atoms with Crippen LogP contribution in [0.15, 0.2) is 11.2 Å². The second-order valence-corrected chi connectivity index (χ2v) is 10.7. The van der Waals surface area contributed by atoms with Crippen LogP contribution in [0.3, 0.4) is 0 Å². The average Bonchev–Trinajstić information content (AvgIpc) is 3.42. The monoisotopic (exact) mass is 563 g/mol. The quantitative estimate of drug-likeness (QED) is 0.318. The number of aliphatic imine (C=N–C) groups is 1. The first-order valence-electron chi connectivity index (χ1n) is 11.1. The van der Waals surface area contributed by atoms with Crippen molar-refractivity contribution in [2.24, 2.45) is 10.9 Å². The van der Waals surface area contributed by atoms with E-state index in [1.54, 1.807) is 11.3 Å². The van der Waals surface area contributed by atoms with Crippen LogP contribution in [0.4, 0.5) is 4.79 Å². The van der Waals surface area contributed by atoms with Crippen molar-refractivity contribution < 1.29 is 9.53 Å². The summed E-state index contributed by atoms with van der Waals surface area (Å²) in [6.45, 7) is 11.3. The third-order valence-electron chi connectivity index (χ3n) is 5.49. The molecule has 1 aliphatic carbocycles. The Morgan fingerprint density at radius 1 is 1.32 bits per heavy atom. The number of ether oxygens (including phenoxy) is 1. The third-order valence-corrected chi connectivity index (χ3v) is 6.46. The Morgan fingerprint density at radius 2 is 2.00 bits per heavy atom. The molecular weight excluding hydrogens is 525 g/mol. The number of piperidine rings is 1. The Hall–Kier alpha value is -1.10. The zero-order valence-corrected chi connectivity index (χ0v) is 22.7. The molecule has 1 aromatic heterocycles. The maximum atomic E-state index is 12.8. The number of halogens is 1. The molecule has 1 amide bonds. The van der Waals surface area contributed by atoms with E-state index >= 15 is 0 Å². The second kappa shape index (κ2) is 11.7. The number of hydrogen-bond donors (Lipinski definition) is 1. The lowest BCUT2D eigenvalue weighted by molar-refractivity contribution is 0.00929. The summed E-state index contributed by atoms with van der Waals surface area (Å²) in [7, 11) is 1.84. The van der Waals surface area contributed by atoms with Gasteiger partial charge in [-0.1, -0.05) is 0 Å². The van der Waals surface area contributed by atoms with Gasteiger partial charge in [-0.3, -0.25) is 4.99 Å². The second-order valence-electron chi connectivity index (χ2n) is 9.38. The Bertz CT molecular complexity index is 737. The highest BCUT2D eigenvalue weighted by Gasteiger charge is 2.35. The number of thiazole rings is 1. The summed E-state index contributed by atoms with van der Waals surface area (Å²) in [5.41, 5.74) is -0.457. The number of carbonyl (C=O) groups is 1. The van der Waals surface area contributed by atoms with E-state index in [2.05, 4.69) is 27.1 Å². The molecule has 3 rings (SSSR count). The van der Waals surface area contributed by atoms with Gasteiger partial charge < -0.3 is 19.9 Å². The summed E-state index contributed by atoms with van der Waals surface area (Å²) in [5.74, 6) is 1.59. The van der Waals surface area contributed by atoms with Crippen molar-refractivity contribution in [2.75, 3.05) is 33.2 Å². The minimum atomic E-state index is -0.457. The van der Waals surface area contributed by atoms with Crippen molar-refractivity contribution in [3.63, 3.8) is 0 Å². The van der Waals surface area contributed by atoms with Gasteiger partial charge in [-0.2, -0.15) is 0 Å². The molecule has 0 bridgehead atoms. The molecule has 1 saturated heterocycles. The van der Waals surface area contributed by atoms with Gasteiger partial charge in [-0.15, -0.1) is 35.3 Å². The van der Waals surface area contributed by atoms with E-state index in [9.17, 15) is 4.79 Å². The molecule has 1 saturated carbocycles. The Kier molecular flexibility index (Phi) is 9.85. The number of aryl methyl sites for hydroxylation is 1. The molecule has 0 aromatic carbocycles. The van der Waals surface area contributed by atoms with Crippen LogP contribution in [0.5, 0.6) is 0 Å². The number of amides is 1. The Labute approximate surface area is 208 Å². The molecule has 31 heavy (non-hydrogen) atoms. The van der Waals surface area contributed by atoms with Crippen LogP contribution in [0.1, 0.15) is 56.3 Å². The van der Waals surface area contributed by atoms with Gasteiger partial charge in [0.25, 0.3) is 0 Å². The van der Waals surface area contributed by atoms with Gasteiger partial charge >= 0.3 is 6.09 Å². The van der Waals surface area contributed by atoms with Crippen LogP contribution in [-0.2, 0) is 11.2 Å². The van der Waals surface area contributed by atoms with Crippen molar-refractivity contribution >= 4 is 47.4 Å². The maximum absolute atomic E-state index is 12.8. The van der Waals surface area contributed by atoms with Crippen LogP contribution in [0.2, 0.25) is 0 Å². The Balaban J connectivity index is 0.00000341. The molecule has 1 aromatic rings. The van der Waals surface area contributed by atoms with E-state index in [1.807, 2.05) is 38.9 Å². The topological polar surface area (TPSA) is 70.1 Å². The molecular formula is C22H38IN5O2S. The highest BCUT2D eigenvalue weighted by Crippen LogP contribution is 2.32. The van der Waals surface area contributed by atoms with Gasteiger partial charge in [-0.25, -0.2) is 9.78 Å². The van der Waals surface area contributed by atoms with Crippen LogP contribution < -0.4 is 5.32 Å². The van der Waals surface area contributed by atoms with Crippen molar-refractivity contribution in [3.05, 3.63) is 16.1 Å². The third kappa shape index (κ3) is 8.40. The number of hydrogen-bond acceptors (Lipinski definition) is 5. The molecule has 2 heterocycles. The predicted octanol–water partition coefficient (Wildman–Crippen LogP) is 4.30. The molecule has 1 N–H and O–H groups in total. The first kappa shape index (κ1) is 26.2. The van der Waals surface area contributed by atoms with Crippen molar-refractivity contribution in [1.82, 2.24) is 20.1 Å². The minimum Gasteiger partial charge on any atom is -0.444 e. The van der Waals surface area contributed by atoms with Gasteiger partial charge in [0, 0.05) is 56.8 Å². The molecule has 2 aliphatic rings. The normalized spacial score (nSPS) is 17.8. The van der Waals surface area contributed by atoms with E-state index in [4.69, 9.17) is 4.74 Å². The van der Waals surface area contributed by atoms with Gasteiger partial charge in [0.1, 0.15) is 5.60 Å². The predicted molar refractivity (Wildman–Crippen MR) is 138 cm³/mol. The zero-order valence-electron chi connectivity index (χ0n) is 19.5. The first-order valence-corrected chi connectivity index (χ1v) is 11.9. The van der Waals surface area contributed by atoms with E-state index in [-0.39, 0.29) is 36.1 Å². The summed E-state index contributed by atoms with van der Waals surface area (Å²) in [4.78, 5) is 27.3. The Morgan fingerprint density at radius 3 is 2.52 bits per heavy atom. The maximum Gasteiger partial charge on any atom is 0.410 e. The largest absolute Gasteiger partial charge is 0.444 e. The summed E-state index contributed by atoms with van der Waals surface area (Å²) >= 11 is 1.75. The highest BCUT2D eigenvalue weighted by atomic mass is 127. The summed E-state index contributed by atoms with van der Waals surface area (Å²) in [6.07, 6.45) is 7.02. The van der Waals surface area contributed by atoms with Gasteiger partial charge in [0.15, 0.2) is 5.96 Å². The first-order chi connectivity index (χ1) is 14.2. The number of aromatic nitrogens is 1. The highest BCUT2D eigenvalue weighted by molar-refractivity contribution is 14.0. The molecule has 176 valence electrons. The molecule has 0 spiro atoms. The number of rotatable bonds is 6. The number of nitrogens with one attached hydrogen (secondary N) is 1. The smallest absolute Gasteiger partial charge is 0.410 e. The van der Waals surface area contributed by atoms with E-state index in [0.717, 1.165) is 56.4 Å². The van der Waals surface area contributed by atoms with Crippen LogP contribution >= 0.6 is 35.3 Å². The average molecular weight is 564 g/mol. The van der Waals surface area contributed by atoms with Gasteiger partial charge in [0.05, 0.1) is 5.01 Å². The fraction of sp³-hybridized carbons (Fsp3) is 0.773. The molecule has 0 atom stereocenters. The van der Waals surface area contributed by atoms with Gasteiger partial charge in [-0.05, 0) is 59.3 Å². The summed E-state index contributed by atoms with van der Waals surface area (Å²) < 4.78 is 5.71. The van der Waals surface area contributed by atoms with E-state index in [0.29, 0.717) is 5.92 Å². The number of likely N-dealkylation sites (tertiary alicyclic amines) is 1. The minimum absolute atomic E-state index is 0. The summed E-state index contributed by atoms with van der Waals surface area (Å²) in [5, 5.41) is 4.63. The molecule has 9 heteroatoms. The van der Waals surface area contributed by atoms with Crippen LogP contribution in [-0.4, -0.2) is 71.7 Å². The molecule has 1 aliphatic heterocycles. The van der Waals surface area contributed by atoms with E-state index < -0.39 is 5.60 Å². The lowest BCUT2D eigenvalue weighted by atomic mass is 10.0. The molecule has 7 nitrogen and oxygen atoms in total. The SMILES string of the molecule is CN=C(NCCc1ncc(C)s1)N1CCC(N(CC2CC2)C(=O)OC(C)(C)C)CC1.I. The molecule has 0 unspecified atom stereocenters. The number of carbonyl (C=O) groups excluding carboxylic acids is 1. The number of guanidine groups is 1. The fourth-order valence-corrected chi connectivity index (χ4v) is 4.58. The lowest BCUT2D eigenvalue weighted by Crippen LogP contribution is -2.52. The fourth-order valence-electron chi connectivity index (χ4n) is 3.79. The van der Waals surface area contributed by atoms with Crippen LogP contribution in [0.25, 0.3) is 0 Å². The van der Waals surface area contributed by atoms with Crippen molar-refractivity contribution in [3.8, 4) is 0 Å². The summed E-state index contributed by atoms with van der Waals surface area (Å²) in [6, 6.07) is 0.244. The zero-order chi connectivity index (χ0) is 21.7. The van der Waals surface area contributed by atoms with E-state index in [1.165, 1.54) is 17.7 Å².